The van der Waals surface area contributed by atoms with Crippen LogP contribution in [0.15, 0.2) is 0 Å². The van der Waals surface area contributed by atoms with E-state index in [1.165, 1.54) is 0 Å². The van der Waals surface area contributed by atoms with Crippen molar-refractivity contribution in [3.63, 3.8) is 0 Å². The Balaban J connectivity index is 0. The molecule has 6 radical (unpaired) electrons. The third-order valence-corrected chi connectivity index (χ3v) is 0. The molecule has 0 unspecified atom stereocenters. The van der Waals surface area contributed by atoms with E-state index in [-0.39, 0.29) is 61.0 Å². The molecule has 0 aromatic carbocycles. The van der Waals surface area contributed by atoms with Crippen LogP contribution in [0.1, 0.15) is 0 Å². The summed E-state index contributed by atoms with van der Waals surface area (Å²) in [7, 11) is 0. The predicted octanol–water partition coefficient (Wildman–Crippen LogP) is -0.767. The molecule has 0 aliphatic rings. The zero-order chi connectivity index (χ0) is 0. The smallest absolute Gasteiger partial charge is 0 e. The third-order valence-electron chi connectivity index (χ3n) is 0. The van der Waals surface area contributed by atoms with E-state index in [4.69, 9.17) is 0 Å². The maximum Gasteiger partial charge on any atom is 0 e. The molecule has 0 fully saturated rings. The molecular formula is AlBeCuNi. The summed E-state index contributed by atoms with van der Waals surface area (Å²) in [6, 6.07) is 0. The minimum absolute atomic E-state index is 0. The molecule has 0 aliphatic heterocycles. The molecule has 0 N–H and O–H groups in total. The Morgan fingerprint density at radius 3 is 1.00 bits per heavy atom. The van der Waals surface area contributed by atoms with Gasteiger partial charge in [-0.3, -0.25) is 0 Å². The molecule has 26 valence electrons. The second kappa shape index (κ2) is 22.1. The Bertz CT molecular complexity index is 8.00. The van der Waals surface area contributed by atoms with Crippen LogP contribution in [0.3, 0.4) is 0 Å². The molecule has 0 atom stereocenters. The van der Waals surface area contributed by atoms with Crippen LogP contribution in [0.2, 0.25) is 0 Å². The van der Waals surface area contributed by atoms with Gasteiger partial charge in [0.2, 0.25) is 0 Å². The molecule has 4 heteroatoms. The molecule has 0 aliphatic carbocycles. The van der Waals surface area contributed by atoms with E-state index < -0.39 is 0 Å². The van der Waals surface area contributed by atoms with Crippen molar-refractivity contribution in [2.24, 2.45) is 0 Å². The fourth-order valence-corrected chi connectivity index (χ4v) is 0. The first-order valence-corrected chi connectivity index (χ1v) is 0. The van der Waals surface area contributed by atoms with Crippen molar-refractivity contribution < 1.29 is 33.6 Å². The third kappa shape index (κ3) is 9.31. The Morgan fingerprint density at radius 2 is 1.00 bits per heavy atom. The summed E-state index contributed by atoms with van der Waals surface area (Å²) in [6.45, 7) is 0. The molecule has 0 aromatic rings. The Kier molecular flexibility index (Phi) is 239. The second-order valence-electron chi connectivity index (χ2n) is 0. The van der Waals surface area contributed by atoms with E-state index in [0.717, 1.165) is 0 Å². The van der Waals surface area contributed by atoms with Crippen LogP contribution in [-0.4, -0.2) is 27.5 Å². The molecule has 0 saturated heterocycles. The monoisotopic (exact) mass is 157 g/mol. The number of rotatable bonds is 0. The van der Waals surface area contributed by atoms with Crippen molar-refractivity contribution in [1.82, 2.24) is 0 Å². The topological polar surface area (TPSA) is 0 Å². The van der Waals surface area contributed by atoms with Gasteiger partial charge < -0.3 is 0 Å². The quantitative estimate of drug-likeness (QED) is 0.406. The minimum Gasteiger partial charge on any atom is 0 e. The van der Waals surface area contributed by atoms with Gasteiger partial charge in [0.1, 0.15) is 0 Å². The van der Waals surface area contributed by atoms with Gasteiger partial charge in [0.05, 0.1) is 0 Å². The summed E-state index contributed by atoms with van der Waals surface area (Å²) in [5, 5.41) is 0. The van der Waals surface area contributed by atoms with Gasteiger partial charge in [0.25, 0.3) is 0 Å². The Labute approximate surface area is 60.8 Å². The minimum atomic E-state index is 0. The summed E-state index contributed by atoms with van der Waals surface area (Å²) >= 11 is 0. The second-order valence-corrected chi connectivity index (χ2v) is 0. The fourth-order valence-electron chi connectivity index (χ4n) is 0. The average molecular weight is 158 g/mol. The Morgan fingerprint density at radius 1 is 1.00 bits per heavy atom. The number of hydrogen-bond acceptors (Lipinski definition) is 0. The van der Waals surface area contributed by atoms with E-state index in [2.05, 4.69) is 0 Å². The van der Waals surface area contributed by atoms with E-state index in [1.54, 1.807) is 0 Å². The largest absolute Gasteiger partial charge is 0 e. The molecule has 0 spiro atoms. The van der Waals surface area contributed by atoms with Crippen LogP contribution in [0, 0.1) is 0 Å². The van der Waals surface area contributed by atoms with Gasteiger partial charge in [-0.05, 0) is 0 Å². The van der Waals surface area contributed by atoms with E-state index in [0.29, 0.717) is 0 Å². The first-order valence-electron chi connectivity index (χ1n) is 0. The van der Waals surface area contributed by atoms with Crippen molar-refractivity contribution in [3.05, 3.63) is 0 Å². The van der Waals surface area contributed by atoms with Crippen molar-refractivity contribution in [1.29, 1.82) is 0 Å². The van der Waals surface area contributed by atoms with Crippen LogP contribution < -0.4 is 0 Å². The van der Waals surface area contributed by atoms with E-state index in [9.17, 15) is 0 Å². The van der Waals surface area contributed by atoms with Gasteiger partial charge >= 0.3 is 0 Å². The van der Waals surface area contributed by atoms with Crippen LogP contribution in [0.25, 0.3) is 0 Å². The summed E-state index contributed by atoms with van der Waals surface area (Å²) in [5.41, 5.74) is 0. The van der Waals surface area contributed by atoms with Crippen molar-refractivity contribution in [2.45, 2.75) is 0 Å². The molecule has 0 rings (SSSR count). The summed E-state index contributed by atoms with van der Waals surface area (Å²) in [6.07, 6.45) is 0. The van der Waals surface area contributed by atoms with E-state index in [1.807, 2.05) is 0 Å². The van der Waals surface area contributed by atoms with Gasteiger partial charge in [-0.1, -0.05) is 0 Å². The zero-order valence-electron chi connectivity index (χ0n) is 1.90. The average Bonchev–Trinajstić information content (AvgIpc) is 0. The molecular weight excluding hydrogens is 158 g/mol. The van der Waals surface area contributed by atoms with Gasteiger partial charge in [-0.2, -0.15) is 0 Å². The predicted molar refractivity (Wildman–Crippen MR) is 11.5 cm³/mol. The van der Waals surface area contributed by atoms with Crippen LogP contribution >= 0.6 is 0 Å². The maximum atomic E-state index is 0. The zero-order valence-corrected chi connectivity index (χ0v) is 4.99. The first-order chi connectivity index (χ1) is 0. The molecule has 0 saturated carbocycles. The van der Waals surface area contributed by atoms with Crippen molar-refractivity contribution >= 4 is 27.5 Å². The molecule has 0 heterocycles. The molecule has 0 bridgehead atoms. The van der Waals surface area contributed by atoms with Crippen LogP contribution in [-0.2, 0) is 33.6 Å². The number of hydrogen-bond donors (Lipinski definition) is 0. The van der Waals surface area contributed by atoms with Gasteiger partial charge in [-0.15, -0.1) is 0 Å². The van der Waals surface area contributed by atoms with E-state index >= 15 is 0 Å². The fraction of sp³-hybridized carbons (Fsp3) is 0. The van der Waals surface area contributed by atoms with Gasteiger partial charge in [0, 0.05) is 61.0 Å². The molecule has 4 heavy (non-hydrogen) atoms. The SMILES string of the molecule is [Al].[Be].[Cu].[Ni]. The normalized spacial score (nSPS) is 0. The van der Waals surface area contributed by atoms with Crippen LogP contribution in [0.4, 0.5) is 0 Å². The van der Waals surface area contributed by atoms with Gasteiger partial charge in [-0.25, -0.2) is 0 Å². The Hall–Kier alpha value is 1.71. The standard InChI is InChI=1S/Al.Be.Cu.Ni. The maximum absolute atomic E-state index is 0. The first kappa shape index (κ1) is 43.2. The van der Waals surface area contributed by atoms with Gasteiger partial charge in [0.15, 0.2) is 0 Å². The molecule has 0 aromatic heterocycles. The summed E-state index contributed by atoms with van der Waals surface area (Å²) in [4.78, 5) is 0. The van der Waals surface area contributed by atoms with Crippen molar-refractivity contribution in [3.8, 4) is 0 Å². The summed E-state index contributed by atoms with van der Waals surface area (Å²) in [5.74, 6) is 0. The van der Waals surface area contributed by atoms with Crippen LogP contribution in [0.5, 0.6) is 0 Å². The molecule has 0 nitrogen and oxygen atoms in total. The summed E-state index contributed by atoms with van der Waals surface area (Å²) < 4.78 is 0. The molecule has 0 amide bonds. The van der Waals surface area contributed by atoms with Crippen molar-refractivity contribution in [2.75, 3.05) is 0 Å².